The van der Waals surface area contributed by atoms with Crippen molar-refractivity contribution >= 4 is 0 Å². The first kappa shape index (κ1) is 13.4. The van der Waals surface area contributed by atoms with Gasteiger partial charge in [-0.1, -0.05) is 6.92 Å². The predicted molar refractivity (Wildman–Crippen MR) is 67.9 cm³/mol. The van der Waals surface area contributed by atoms with E-state index in [0.717, 1.165) is 30.3 Å². The summed E-state index contributed by atoms with van der Waals surface area (Å²) in [6.07, 6.45) is 2.21. The number of halogens is 2. The van der Waals surface area contributed by atoms with Gasteiger partial charge in [-0.2, -0.15) is 0 Å². The standard InChI is InChI=1S/C14H14F2N2O/c1-2-12(17)13-6-4-10(8-18-13)19-14-7-9(15)3-5-11(14)16/h3-8,12H,2,17H2,1H3/t12-/m1/s1. The van der Waals surface area contributed by atoms with E-state index in [4.69, 9.17) is 10.5 Å². The van der Waals surface area contributed by atoms with Gasteiger partial charge in [0, 0.05) is 12.1 Å². The van der Waals surface area contributed by atoms with Gasteiger partial charge in [-0.15, -0.1) is 0 Å². The van der Waals surface area contributed by atoms with Gasteiger partial charge in [0.25, 0.3) is 0 Å². The zero-order valence-electron chi connectivity index (χ0n) is 10.4. The van der Waals surface area contributed by atoms with Gasteiger partial charge < -0.3 is 10.5 Å². The summed E-state index contributed by atoms with van der Waals surface area (Å²) in [7, 11) is 0. The molecular formula is C14H14F2N2O. The SMILES string of the molecule is CC[C@@H](N)c1ccc(Oc2cc(F)ccc2F)cn1. The Morgan fingerprint density at radius 2 is 2.05 bits per heavy atom. The Morgan fingerprint density at radius 3 is 2.68 bits per heavy atom. The van der Waals surface area contributed by atoms with Crippen LogP contribution in [0.2, 0.25) is 0 Å². The second-order valence-corrected chi connectivity index (χ2v) is 4.11. The number of nitrogens with two attached hydrogens (primary N) is 1. The van der Waals surface area contributed by atoms with Crippen molar-refractivity contribution < 1.29 is 13.5 Å². The minimum Gasteiger partial charge on any atom is -0.453 e. The van der Waals surface area contributed by atoms with Crippen LogP contribution in [0.4, 0.5) is 8.78 Å². The zero-order valence-corrected chi connectivity index (χ0v) is 10.4. The molecule has 2 aromatic rings. The third kappa shape index (κ3) is 3.26. The molecule has 2 N–H and O–H groups in total. The van der Waals surface area contributed by atoms with Crippen LogP contribution in [0, 0.1) is 11.6 Å². The summed E-state index contributed by atoms with van der Waals surface area (Å²) in [5, 5.41) is 0. The molecule has 1 heterocycles. The fraction of sp³-hybridized carbons (Fsp3) is 0.214. The predicted octanol–water partition coefficient (Wildman–Crippen LogP) is 3.56. The van der Waals surface area contributed by atoms with Crippen molar-refractivity contribution in [2.24, 2.45) is 5.73 Å². The summed E-state index contributed by atoms with van der Waals surface area (Å²) < 4.78 is 31.6. The first-order chi connectivity index (χ1) is 9.10. The first-order valence-electron chi connectivity index (χ1n) is 5.94. The van der Waals surface area contributed by atoms with E-state index >= 15 is 0 Å². The summed E-state index contributed by atoms with van der Waals surface area (Å²) in [5.74, 6) is -1.03. The lowest BCUT2D eigenvalue weighted by Crippen LogP contribution is -2.10. The Bertz CT molecular complexity index is 558. The number of ether oxygens (including phenoxy) is 1. The molecule has 2 rings (SSSR count). The molecule has 5 heteroatoms. The van der Waals surface area contributed by atoms with E-state index in [0.29, 0.717) is 5.75 Å². The molecule has 3 nitrogen and oxygen atoms in total. The summed E-state index contributed by atoms with van der Waals surface area (Å²) >= 11 is 0. The largest absolute Gasteiger partial charge is 0.453 e. The van der Waals surface area contributed by atoms with E-state index in [1.165, 1.54) is 6.20 Å². The van der Waals surface area contributed by atoms with Crippen LogP contribution in [0.25, 0.3) is 0 Å². The summed E-state index contributed by atoms with van der Waals surface area (Å²) in [5.41, 5.74) is 6.56. The Hall–Kier alpha value is -2.01. The Labute approximate surface area is 110 Å². The molecular weight excluding hydrogens is 250 g/mol. The van der Waals surface area contributed by atoms with Gasteiger partial charge in [-0.25, -0.2) is 8.78 Å². The highest BCUT2D eigenvalue weighted by molar-refractivity contribution is 5.31. The number of hydrogen-bond acceptors (Lipinski definition) is 3. The smallest absolute Gasteiger partial charge is 0.166 e. The molecule has 0 saturated heterocycles. The van der Waals surface area contributed by atoms with Gasteiger partial charge in [-0.3, -0.25) is 4.98 Å². The molecule has 1 atom stereocenters. The lowest BCUT2D eigenvalue weighted by Gasteiger charge is -2.10. The topological polar surface area (TPSA) is 48.1 Å². The van der Waals surface area contributed by atoms with Gasteiger partial charge >= 0.3 is 0 Å². The molecule has 0 fully saturated rings. The van der Waals surface area contributed by atoms with E-state index < -0.39 is 11.6 Å². The molecule has 0 saturated carbocycles. The molecule has 0 aliphatic heterocycles. The Kier molecular flexibility index (Phi) is 4.06. The zero-order chi connectivity index (χ0) is 13.8. The highest BCUT2D eigenvalue weighted by Crippen LogP contribution is 2.25. The molecule has 100 valence electrons. The Balaban J connectivity index is 2.17. The molecule has 0 amide bonds. The van der Waals surface area contributed by atoms with Crippen molar-refractivity contribution in [3.63, 3.8) is 0 Å². The van der Waals surface area contributed by atoms with Gasteiger partial charge in [-0.05, 0) is 30.7 Å². The van der Waals surface area contributed by atoms with Crippen LogP contribution < -0.4 is 10.5 Å². The van der Waals surface area contributed by atoms with Crippen molar-refractivity contribution in [3.8, 4) is 11.5 Å². The van der Waals surface area contributed by atoms with Crippen molar-refractivity contribution in [3.05, 3.63) is 53.9 Å². The number of rotatable bonds is 4. The summed E-state index contributed by atoms with van der Waals surface area (Å²) in [6, 6.07) is 6.23. The molecule has 1 aromatic carbocycles. The number of nitrogens with zero attached hydrogens (tertiary/aromatic N) is 1. The van der Waals surface area contributed by atoms with E-state index in [1.807, 2.05) is 6.92 Å². The van der Waals surface area contributed by atoms with E-state index in [-0.39, 0.29) is 11.8 Å². The maximum Gasteiger partial charge on any atom is 0.166 e. The molecule has 1 aromatic heterocycles. The average Bonchev–Trinajstić information content (AvgIpc) is 2.43. The van der Waals surface area contributed by atoms with E-state index in [9.17, 15) is 8.78 Å². The van der Waals surface area contributed by atoms with Crippen molar-refractivity contribution in [2.45, 2.75) is 19.4 Å². The second kappa shape index (κ2) is 5.75. The molecule has 0 spiro atoms. The minimum absolute atomic E-state index is 0.139. The quantitative estimate of drug-likeness (QED) is 0.918. The maximum atomic E-state index is 13.4. The summed E-state index contributed by atoms with van der Waals surface area (Å²) in [4.78, 5) is 4.13. The first-order valence-corrected chi connectivity index (χ1v) is 5.94. The molecule has 0 radical (unpaired) electrons. The normalized spacial score (nSPS) is 12.2. The fourth-order valence-corrected chi connectivity index (χ4v) is 1.56. The van der Waals surface area contributed by atoms with Crippen LogP contribution in [-0.4, -0.2) is 4.98 Å². The van der Waals surface area contributed by atoms with Crippen LogP contribution >= 0.6 is 0 Å². The third-order valence-corrected chi connectivity index (χ3v) is 2.70. The van der Waals surface area contributed by atoms with Crippen molar-refractivity contribution in [1.82, 2.24) is 4.98 Å². The van der Waals surface area contributed by atoms with E-state index in [2.05, 4.69) is 4.98 Å². The molecule has 0 unspecified atom stereocenters. The van der Waals surface area contributed by atoms with Crippen LogP contribution in [-0.2, 0) is 0 Å². The number of aromatic nitrogens is 1. The van der Waals surface area contributed by atoms with Gasteiger partial charge in [0.1, 0.15) is 11.6 Å². The molecule has 0 aliphatic rings. The number of benzene rings is 1. The van der Waals surface area contributed by atoms with Gasteiger partial charge in [0.15, 0.2) is 11.6 Å². The monoisotopic (exact) mass is 264 g/mol. The lowest BCUT2D eigenvalue weighted by atomic mass is 10.1. The van der Waals surface area contributed by atoms with Gasteiger partial charge in [0.05, 0.1) is 11.9 Å². The van der Waals surface area contributed by atoms with Crippen molar-refractivity contribution in [1.29, 1.82) is 0 Å². The number of hydrogen-bond donors (Lipinski definition) is 1. The van der Waals surface area contributed by atoms with Crippen molar-refractivity contribution in [2.75, 3.05) is 0 Å². The molecule has 0 aliphatic carbocycles. The van der Waals surface area contributed by atoms with Gasteiger partial charge in [0.2, 0.25) is 0 Å². The summed E-state index contributed by atoms with van der Waals surface area (Å²) in [6.45, 7) is 1.96. The van der Waals surface area contributed by atoms with Crippen LogP contribution in [0.5, 0.6) is 11.5 Å². The third-order valence-electron chi connectivity index (χ3n) is 2.70. The second-order valence-electron chi connectivity index (χ2n) is 4.11. The van der Waals surface area contributed by atoms with E-state index in [1.54, 1.807) is 12.1 Å². The Morgan fingerprint density at radius 1 is 1.26 bits per heavy atom. The lowest BCUT2D eigenvalue weighted by molar-refractivity contribution is 0.434. The fourth-order valence-electron chi connectivity index (χ4n) is 1.56. The molecule has 0 bridgehead atoms. The highest BCUT2D eigenvalue weighted by Gasteiger charge is 2.08. The highest BCUT2D eigenvalue weighted by atomic mass is 19.1. The molecule has 19 heavy (non-hydrogen) atoms. The van der Waals surface area contributed by atoms with Crippen LogP contribution in [0.1, 0.15) is 25.1 Å². The average molecular weight is 264 g/mol. The minimum atomic E-state index is -0.629. The van der Waals surface area contributed by atoms with Crippen LogP contribution in [0.15, 0.2) is 36.5 Å². The van der Waals surface area contributed by atoms with Crippen LogP contribution in [0.3, 0.4) is 0 Å². The number of pyridine rings is 1. The maximum absolute atomic E-state index is 13.4.